The standard InChI is InChI=1S/C23H18N2O11S2.C2H6/c1-10(26)11-3-4-12(15(9-11)23(27)36-34-2)18-13-5-7-16(24)21(37(28,29)30)19(13)35-20-14(18)6-8-17(25)22(20)38(31,32)33;1-2/h3-9,24H,25H2,1-2H3,(H,28,29,30)(H,31,32,33);1-2H3. The van der Waals surface area contributed by atoms with Crippen molar-refractivity contribution < 1.29 is 49.7 Å². The Morgan fingerprint density at radius 1 is 0.925 bits per heavy atom. The highest BCUT2D eigenvalue weighted by atomic mass is 32.2. The summed E-state index contributed by atoms with van der Waals surface area (Å²) in [6.45, 7) is 5.25. The van der Waals surface area contributed by atoms with Crippen molar-refractivity contribution in [1.82, 2.24) is 0 Å². The molecule has 0 bridgehead atoms. The minimum absolute atomic E-state index is 0.00655. The van der Waals surface area contributed by atoms with Gasteiger partial charge in [-0.2, -0.15) is 21.7 Å². The molecule has 0 amide bonds. The molecule has 1 aliphatic carbocycles. The van der Waals surface area contributed by atoms with Crippen LogP contribution in [0.5, 0.6) is 0 Å². The molecule has 0 fully saturated rings. The number of hydrogen-bond donors (Lipinski definition) is 4. The number of carbonyl (C=O) groups is 2. The second kappa shape index (κ2) is 11.1. The number of Topliss-reactive ketones (excluding diaryl/α,β-unsaturated/α-hetero) is 1. The summed E-state index contributed by atoms with van der Waals surface area (Å²) < 4.78 is 74.4. The lowest BCUT2D eigenvalue weighted by atomic mass is 9.89. The van der Waals surface area contributed by atoms with Gasteiger partial charge in [-0.05, 0) is 42.8 Å². The fourth-order valence-corrected chi connectivity index (χ4v) is 5.55. The lowest BCUT2D eigenvalue weighted by molar-refractivity contribution is -0.216. The van der Waals surface area contributed by atoms with Crippen LogP contribution >= 0.6 is 0 Å². The molecule has 1 aliphatic heterocycles. The number of nitrogens with one attached hydrogen (secondary N) is 1. The summed E-state index contributed by atoms with van der Waals surface area (Å²) >= 11 is 0. The molecule has 0 unspecified atom stereocenters. The molecule has 0 atom stereocenters. The van der Waals surface area contributed by atoms with E-state index in [2.05, 4.69) is 9.78 Å². The molecule has 5 N–H and O–H groups in total. The molecule has 0 saturated heterocycles. The number of fused-ring (bicyclic) bond motifs is 2. The van der Waals surface area contributed by atoms with Gasteiger partial charge < -0.3 is 10.2 Å². The van der Waals surface area contributed by atoms with Crippen LogP contribution < -0.4 is 11.1 Å². The summed E-state index contributed by atoms with van der Waals surface area (Å²) in [5.41, 5.74) is 4.42. The topological polar surface area (TPSA) is 224 Å². The van der Waals surface area contributed by atoms with Gasteiger partial charge in [0.1, 0.15) is 0 Å². The van der Waals surface area contributed by atoms with Crippen LogP contribution in [0.4, 0.5) is 5.69 Å². The number of nitrogen functional groups attached to an aromatic ring is 1. The molecule has 2 aromatic carbocycles. The second-order valence-corrected chi connectivity index (χ2v) is 10.7. The van der Waals surface area contributed by atoms with Crippen LogP contribution in [0.2, 0.25) is 0 Å². The van der Waals surface area contributed by atoms with Crippen LogP contribution in [0.1, 0.15) is 41.5 Å². The van der Waals surface area contributed by atoms with Crippen LogP contribution in [-0.2, 0) is 30.0 Å². The Balaban J connectivity index is 0.00000216. The molecule has 13 nitrogen and oxygen atoms in total. The van der Waals surface area contributed by atoms with E-state index in [1.54, 1.807) is 0 Å². The van der Waals surface area contributed by atoms with Gasteiger partial charge in [0.25, 0.3) is 20.2 Å². The number of benzene rings is 3. The molecule has 2 aromatic rings. The van der Waals surface area contributed by atoms with Gasteiger partial charge in [0.15, 0.2) is 26.9 Å². The summed E-state index contributed by atoms with van der Waals surface area (Å²) in [5.74, 6) is -2.14. The van der Waals surface area contributed by atoms with Gasteiger partial charge in [-0.3, -0.25) is 24.2 Å². The van der Waals surface area contributed by atoms with Gasteiger partial charge >= 0.3 is 5.97 Å². The van der Waals surface area contributed by atoms with E-state index >= 15 is 0 Å². The van der Waals surface area contributed by atoms with Crippen LogP contribution in [0.15, 0.2) is 56.7 Å². The molecule has 4 rings (SSSR count). The zero-order valence-electron chi connectivity index (χ0n) is 21.5. The van der Waals surface area contributed by atoms with Crippen LogP contribution in [0.25, 0.3) is 33.4 Å². The summed E-state index contributed by atoms with van der Waals surface area (Å²) in [7, 11) is -9.13. The molecular weight excluding hydrogens is 568 g/mol. The number of rotatable bonds is 6. The largest absolute Gasteiger partial charge is 0.453 e. The van der Waals surface area contributed by atoms with E-state index in [-0.39, 0.29) is 33.2 Å². The predicted molar refractivity (Wildman–Crippen MR) is 142 cm³/mol. The number of hydrogen-bond acceptors (Lipinski definition) is 11. The Morgan fingerprint density at radius 3 is 2.08 bits per heavy atom. The van der Waals surface area contributed by atoms with Gasteiger partial charge in [-0.15, -0.1) is 0 Å². The van der Waals surface area contributed by atoms with Gasteiger partial charge in [0.2, 0.25) is 0 Å². The normalized spacial score (nSPS) is 11.7. The van der Waals surface area contributed by atoms with Gasteiger partial charge in [0, 0.05) is 22.1 Å². The number of carbonyl (C=O) groups excluding carboxylic acids is 2. The molecular formula is C25H24N2O11S2. The van der Waals surface area contributed by atoms with Crippen molar-refractivity contribution in [2.45, 2.75) is 30.6 Å². The van der Waals surface area contributed by atoms with E-state index in [1.165, 1.54) is 37.3 Å². The van der Waals surface area contributed by atoms with Crippen molar-refractivity contribution in [1.29, 1.82) is 5.41 Å². The summed E-state index contributed by atoms with van der Waals surface area (Å²) in [4.78, 5) is 32.0. The third-order valence-electron chi connectivity index (χ3n) is 5.59. The Bertz CT molecular complexity index is 1910. The van der Waals surface area contributed by atoms with Gasteiger partial charge in [-0.1, -0.05) is 26.0 Å². The van der Waals surface area contributed by atoms with Crippen molar-refractivity contribution in [2.24, 2.45) is 0 Å². The number of anilines is 1. The zero-order chi connectivity index (χ0) is 30.2. The lowest BCUT2D eigenvalue weighted by Gasteiger charge is -2.20. The first kappa shape index (κ1) is 30.4. The van der Waals surface area contributed by atoms with Gasteiger partial charge in [0.05, 0.1) is 23.7 Å². The smallest absolute Gasteiger partial charge is 0.373 e. The van der Waals surface area contributed by atoms with Crippen LogP contribution in [-0.4, -0.2) is 44.8 Å². The Labute approximate surface area is 228 Å². The number of nitrogens with two attached hydrogens (primary N) is 1. The molecule has 15 heteroatoms. The van der Waals surface area contributed by atoms with E-state index < -0.39 is 64.2 Å². The van der Waals surface area contributed by atoms with E-state index in [0.717, 1.165) is 19.2 Å². The third kappa shape index (κ3) is 5.45. The molecule has 1 heterocycles. The quantitative estimate of drug-likeness (QED) is 0.0628. The summed E-state index contributed by atoms with van der Waals surface area (Å²) in [5, 5.41) is 7.27. The minimum atomic E-state index is -5.12. The Morgan fingerprint density at radius 2 is 1.52 bits per heavy atom. The van der Waals surface area contributed by atoms with E-state index in [4.69, 9.17) is 15.6 Å². The Hall–Kier alpha value is -4.15. The van der Waals surface area contributed by atoms with Crippen molar-refractivity contribution in [3.63, 3.8) is 0 Å². The molecule has 212 valence electrons. The fraction of sp³-hybridized carbons (Fsp3) is 0.160. The fourth-order valence-electron chi connectivity index (χ4n) is 4.07. The molecule has 40 heavy (non-hydrogen) atoms. The molecule has 2 aliphatic rings. The summed E-state index contributed by atoms with van der Waals surface area (Å²) in [6, 6.07) is 8.58. The maximum atomic E-state index is 12.8. The Kier molecular flexibility index (Phi) is 8.47. The van der Waals surface area contributed by atoms with Crippen molar-refractivity contribution >= 4 is 48.6 Å². The molecule has 0 aromatic heterocycles. The van der Waals surface area contributed by atoms with E-state index in [9.17, 15) is 35.5 Å². The predicted octanol–water partition coefficient (Wildman–Crippen LogP) is 3.71. The maximum absolute atomic E-state index is 12.8. The minimum Gasteiger partial charge on any atom is -0.453 e. The zero-order valence-corrected chi connectivity index (χ0v) is 23.1. The van der Waals surface area contributed by atoms with E-state index in [0.29, 0.717) is 0 Å². The van der Waals surface area contributed by atoms with E-state index in [1.807, 2.05) is 13.8 Å². The number of ketones is 1. The van der Waals surface area contributed by atoms with Crippen LogP contribution in [0, 0.1) is 5.41 Å². The first-order valence-corrected chi connectivity index (χ1v) is 14.3. The first-order valence-electron chi connectivity index (χ1n) is 11.4. The second-order valence-electron chi connectivity index (χ2n) is 7.96. The average Bonchev–Trinajstić information content (AvgIpc) is 2.86. The highest BCUT2D eigenvalue weighted by molar-refractivity contribution is 7.86. The monoisotopic (exact) mass is 592 g/mol. The van der Waals surface area contributed by atoms with Crippen molar-refractivity contribution in [3.8, 4) is 22.5 Å². The third-order valence-corrected chi connectivity index (χ3v) is 7.45. The van der Waals surface area contributed by atoms with Gasteiger partial charge in [-0.25, -0.2) is 4.79 Å². The van der Waals surface area contributed by atoms with Crippen molar-refractivity contribution in [3.05, 3.63) is 58.9 Å². The first-order chi connectivity index (χ1) is 18.7. The van der Waals surface area contributed by atoms with Crippen LogP contribution in [0.3, 0.4) is 0 Å². The SMILES string of the molecule is CC.COOC(=O)c1cc(C(C)=O)ccc1-c1c2ccc(=N)c(S(=O)(=O)O)c-2oc2c(S(=O)(=O)O)c(N)ccc12. The summed E-state index contributed by atoms with van der Waals surface area (Å²) in [6.07, 6.45) is 0. The maximum Gasteiger partial charge on any atom is 0.373 e. The molecule has 0 saturated carbocycles. The highest BCUT2D eigenvalue weighted by Gasteiger charge is 2.32. The van der Waals surface area contributed by atoms with Crippen molar-refractivity contribution in [2.75, 3.05) is 12.8 Å². The molecule has 0 spiro atoms. The highest BCUT2D eigenvalue weighted by Crippen LogP contribution is 2.45. The molecule has 0 radical (unpaired) electrons. The lowest BCUT2D eigenvalue weighted by Crippen LogP contribution is -2.17. The average molecular weight is 593 g/mol.